The number of nitrogens with one attached hydrogen (secondary N) is 1. The molecule has 2 amide bonds. The van der Waals surface area contributed by atoms with Crippen LogP contribution in [0, 0.1) is 0 Å². The Balaban J connectivity index is 1.50. The van der Waals surface area contributed by atoms with Crippen LogP contribution in [0.25, 0.3) is 0 Å². The van der Waals surface area contributed by atoms with Crippen LogP contribution in [0.3, 0.4) is 0 Å². The number of hydrogen-bond acceptors (Lipinski definition) is 5. The average Bonchev–Trinajstić information content (AvgIpc) is 3.32. The van der Waals surface area contributed by atoms with E-state index in [1.165, 1.54) is 0 Å². The van der Waals surface area contributed by atoms with Gasteiger partial charge in [-0.15, -0.1) is 0 Å². The monoisotopic (exact) mass is 542 g/mol. The highest BCUT2D eigenvalue weighted by atomic mass is 35.5. The van der Waals surface area contributed by atoms with Gasteiger partial charge in [0.05, 0.1) is 22.6 Å². The minimum Gasteiger partial charge on any atom is -0.487 e. The third kappa shape index (κ3) is 7.20. The number of alkyl carbamates (subject to hydrolysis) is 1. The summed E-state index contributed by atoms with van der Waals surface area (Å²) >= 11 is 6.63. The number of ether oxygens (including phenoxy) is 2. The lowest BCUT2D eigenvalue weighted by Crippen LogP contribution is -2.48. The SMILES string of the molecule is CC(C)(C)OC(=O)N[C@@H]1CCN(C(=O)C(c2ccc(OCc3ccccc3)c(Cl)c2)C2(O)CCCCC2)C1. The molecule has 206 valence electrons. The molecular formula is C30H39ClN2O5. The van der Waals surface area contributed by atoms with E-state index >= 15 is 0 Å². The number of aliphatic hydroxyl groups is 1. The maximum atomic E-state index is 14.0. The topological polar surface area (TPSA) is 88.1 Å². The molecule has 1 aliphatic heterocycles. The van der Waals surface area contributed by atoms with Gasteiger partial charge in [0.2, 0.25) is 5.91 Å². The molecule has 1 unspecified atom stereocenters. The second kappa shape index (κ2) is 12.0. The normalized spacial score (nSPS) is 20.0. The van der Waals surface area contributed by atoms with Gasteiger partial charge in [-0.2, -0.15) is 0 Å². The molecule has 1 heterocycles. The third-order valence-electron chi connectivity index (χ3n) is 7.25. The van der Waals surface area contributed by atoms with E-state index in [9.17, 15) is 14.7 Å². The van der Waals surface area contributed by atoms with Crippen LogP contribution in [-0.2, 0) is 16.1 Å². The maximum Gasteiger partial charge on any atom is 0.407 e. The second-order valence-corrected chi connectivity index (χ2v) is 11.9. The number of carbonyl (C=O) groups is 2. The smallest absolute Gasteiger partial charge is 0.407 e. The summed E-state index contributed by atoms with van der Waals surface area (Å²) in [6.07, 6.45) is 4.04. The third-order valence-corrected chi connectivity index (χ3v) is 7.55. The molecule has 0 radical (unpaired) electrons. The van der Waals surface area contributed by atoms with E-state index in [1.807, 2.05) is 57.2 Å². The molecule has 2 aromatic rings. The highest BCUT2D eigenvalue weighted by Crippen LogP contribution is 2.43. The van der Waals surface area contributed by atoms with Gasteiger partial charge in [-0.05, 0) is 63.3 Å². The highest BCUT2D eigenvalue weighted by molar-refractivity contribution is 6.32. The van der Waals surface area contributed by atoms with Gasteiger partial charge < -0.3 is 24.8 Å². The lowest BCUT2D eigenvalue weighted by atomic mass is 9.72. The van der Waals surface area contributed by atoms with Crippen LogP contribution in [0.15, 0.2) is 48.5 Å². The number of rotatable bonds is 7. The Bertz CT molecular complexity index is 1110. The van der Waals surface area contributed by atoms with Crippen molar-refractivity contribution in [3.63, 3.8) is 0 Å². The number of halogens is 1. The molecule has 38 heavy (non-hydrogen) atoms. The summed E-state index contributed by atoms with van der Waals surface area (Å²) in [7, 11) is 0. The van der Waals surface area contributed by atoms with Crippen LogP contribution in [0.5, 0.6) is 5.75 Å². The summed E-state index contributed by atoms with van der Waals surface area (Å²) in [5, 5.41) is 15.0. The Labute approximate surface area is 230 Å². The van der Waals surface area contributed by atoms with Crippen molar-refractivity contribution >= 4 is 23.6 Å². The van der Waals surface area contributed by atoms with E-state index in [0.29, 0.717) is 55.3 Å². The van der Waals surface area contributed by atoms with Crippen LogP contribution in [0.1, 0.15) is 76.3 Å². The predicted octanol–water partition coefficient (Wildman–Crippen LogP) is 5.82. The molecule has 4 rings (SSSR count). The van der Waals surface area contributed by atoms with Crippen molar-refractivity contribution in [1.82, 2.24) is 10.2 Å². The molecule has 0 bridgehead atoms. The quantitative estimate of drug-likeness (QED) is 0.460. The van der Waals surface area contributed by atoms with Crippen LogP contribution in [-0.4, -0.2) is 52.3 Å². The summed E-state index contributed by atoms with van der Waals surface area (Å²) in [6, 6.07) is 15.0. The van der Waals surface area contributed by atoms with E-state index in [0.717, 1.165) is 24.8 Å². The fourth-order valence-corrected chi connectivity index (χ4v) is 5.66. The predicted molar refractivity (Wildman–Crippen MR) is 147 cm³/mol. The van der Waals surface area contributed by atoms with Crippen LogP contribution < -0.4 is 10.1 Å². The van der Waals surface area contributed by atoms with Crippen molar-refractivity contribution in [2.45, 2.75) is 89.1 Å². The standard InChI is InChI=1S/C30H39ClN2O5/c1-29(2,3)38-28(35)32-23-14-17-33(19-23)27(34)26(30(36)15-8-5-9-16-30)22-12-13-25(24(31)18-22)37-20-21-10-6-4-7-11-21/h4,6-7,10-13,18,23,26,36H,5,8-9,14-17,19-20H2,1-3H3,(H,32,35)/t23-,26?/m1/s1. The molecule has 2 atom stereocenters. The molecular weight excluding hydrogens is 504 g/mol. The van der Waals surface area contributed by atoms with Crippen LogP contribution >= 0.6 is 11.6 Å². The van der Waals surface area contributed by atoms with Gasteiger partial charge in [-0.3, -0.25) is 4.79 Å². The molecule has 0 spiro atoms. The number of likely N-dealkylation sites (tertiary alicyclic amines) is 1. The van der Waals surface area contributed by atoms with Crippen molar-refractivity contribution in [2.75, 3.05) is 13.1 Å². The van der Waals surface area contributed by atoms with Crippen molar-refractivity contribution in [3.05, 3.63) is 64.7 Å². The van der Waals surface area contributed by atoms with Crippen LogP contribution in [0.2, 0.25) is 5.02 Å². The molecule has 1 saturated carbocycles. The van der Waals surface area contributed by atoms with Gasteiger partial charge in [0.1, 0.15) is 18.0 Å². The Hall–Kier alpha value is -2.77. The van der Waals surface area contributed by atoms with E-state index in [4.69, 9.17) is 21.1 Å². The number of hydrogen-bond donors (Lipinski definition) is 2. The van der Waals surface area contributed by atoms with E-state index in [-0.39, 0.29) is 11.9 Å². The first-order chi connectivity index (χ1) is 18.0. The fraction of sp³-hybridized carbons (Fsp3) is 0.533. The van der Waals surface area contributed by atoms with Gasteiger partial charge in [0.15, 0.2) is 0 Å². The first kappa shape index (κ1) is 28.2. The van der Waals surface area contributed by atoms with E-state index in [1.54, 1.807) is 17.0 Å². The summed E-state index contributed by atoms with van der Waals surface area (Å²) in [6.45, 7) is 6.70. The number of carbonyl (C=O) groups excluding carboxylic acids is 2. The number of amides is 2. The minimum absolute atomic E-state index is 0.142. The van der Waals surface area contributed by atoms with Gasteiger partial charge in [0, 0.05) is 13.1 Å². The first-order valence-corrected chi connectivity index (χ1v) is 13.9. The molecule has 2 N–H and O–H groups in total. The van der Waals surface area contributed by atoms with Gasteiger partial charge >= 0.3 is 6.09 Å². The second-order valence-electron chi connectivity index (χ2n) is 11.5. The minimum atomic E-state index is -1.15. The molecule has 2 aliphatic rings. The Kier molecular flexibility index (Phi) is 8.89. The first-order valence-electron chi connectivity index (χ1n) is 13.5. The zero-order valence-corrected chi connectivity index (χ0v) is 23.3. The van der Waals surface area contributed by atoms with Gasteiger partial charge in [0.25, 0.3) is 0 Å². The summed E-state index contributed by atoms with van der Waals surface area (Å²) < 4.78 is 11.3. The zero-order valence-electron chi connectivity index (χ0n) is 22.5. The van der Waals surface area contributed by atoms with Crippen molar-refractivity contribution < 1.29 is 24.2 Å². The Morgan fingerprint density at radius 3 is 2.50 bits per heavy atom. The van der Waals surface area contributed by atoms with E-state index in [2.05, 4.69) is 5.32 Å². The molecule has 2 fully saturated rings. The summed E-state index contributed by atoms with van der Waals surface area (Å²) in [4.78, 5) is 28.0. The lowest BCUT2D eigenvalue weighted by Gasteiger charge is -2.40. The average molecular weight is 543 g/mol. The van der Waals surface area contributed by atoms with E-state index < -0.39 is 23.2 Å². The fourth-order valence-electron chi connectivity index (χ4n) is 5.42. The molecule has 8 heteroatoms. The highest BCUT2D eigenvalue weighted by Gasteiger charge is 2.46. The van der Waals surface area contributed by atoms with Gasteiger partial charge in [-0.25, -0.2) is 4.79 Å². The van der Waals surface area contributed by atoms with Crippen molar-refractivity contribution in [2.24, 2.45) is 0 Å². The Morgan fingerprint density at radius 2 is 1.84 bits per heavy atom. The van der Waals surface area contributed by atoms with Gasteiger partial charge in [-0.1, -0.05) is 67.3 Å². The number of nitrogens with zero attached hydrogens (tertiary/aromatic N) is 1. The molecule has 2 aromatic carbocycles. The largest absolute Gasteiger partial charge is 0.487 e. The summed E-state index contributed by atoms with van der Waals surface area (Å²) in [5.41, 5.74) is -0.0354. The molecule has 7 nitrogen and oxygen atoms in total. The molecule has 1 saturated heterocycles. The van der Waals surface area contributed by atoms with Crippen molar-refractivity contribution in [1.29, 1.82) is 0 Å². The maximum absolute atomic E-state index is 14.0. The van der Waals surface area contributed by atoms with Crippen molar-refractivity contribution in [3.8, 4) is 5.75 Å². The zero-order chi connectivity index (χ0) is 27.3. The Morgan fingerprint density at radius 1 is 1.13 bits per heavy atom. The molecule has 0 aromatic heterocycles. The summed E-state index contributed by atoms with van der Waals surface area (Å²) in [5.74, 6) is -0.357. The molecule has 1 aliphatic carbocycles. The lowest BCUT2D eigenvalue weighted by molar-refractivity contribution is -0.140. The van der Waals surface area contributed by atoms with Crippen LogP contribution in [0.4, 0.5) is 4.79 Å². The number of benzene rings is 2.